The Morgan fingerprint density at radius 3 is 2.07 bits per heavy atom. The van der Waals surface area contributed by atoms with E-state index < -0.39 is 0 Å². The molecule has 4 heteroatoms. The highest BCUT2D eigenvalue weighted by Gasteiger charge is 2.51. The molecule has 1 aromatic carbocycles. The van der Waals surface area contributed by atoms with Gasteiger partial charge in [0.05, 0.1) is 6.04 Å². The second-order valence-electron chi connectivity index (χ2n) is 10.4. The van der Waals surface area contributed by atoms with Gasteiger partial charge in [-0.05, 0) is 89.1 Å². The molecule has 1 N–H and O–H groups in total. The molecule has 4 saturated carbocycles. The lowest BCUT2D eigenvalue weighted by Gasteiger charge is -2.57. The lowest BCUT2D eigenvalue weighted by Crippen LogP contribution is -2.62. The standard InChI is InChI=1S/C25H34N2O2/c1-17(24(29)26-25-14-18-11-19(15-25)13-20(12-18)16-25)27-9-7-22(8-10-27)23(28)21-5-3-2-4-6-21/h2-6,17-20,22H,7-16H2,1H3,(H,26,29). The van der Waals surface area contributed by atoms with Crippen molar-refractivity contribution >= 4 is 11.7 Å². The highest BCUT2D eigenvalue weighted by atomic mass is 16.2. The molecule has 0 radical (unpaired) electrons. The van der Waals surface area contributed by atoms with Crippen molar-refractivity contribution in [3.05, 3.63) is 35.9 Å². The molecule has 6 rings (SSSR count). The molecule has 156 valence electrons. The van der Waals surface area contributed by atoms with Crippen LogP contribution in [0.3, 0.4) is 0 Å². The maximum absolute atomic E-state index is 13.1. The third kappa shape index (κ3) is 3.76. The van der Waals surface area contributed by atoms with Crippen molar-refractivity contribution in [3.8, 4) is 0 Å². The SMILES string of the molecule is CC(C(=O)NC12CC3CC(CC(C3)C1)C2)N1CCC(C(=O)c2ccccc2)CC1. The molecule has 1 aromatic rings. The number of ketones is 1. The molecule has 29 heavy (non-hydrogen) atoms. The van der Waals surface area contributed by atoms with Gasteiger partial charge in [0, 0.05) is 17.0 Å². The van der Waals surface area contributed by atoms with Gasteiger partial charge in [0.1, 0.15) is 0 Å². The summed E-state index contributed by atoms with van der Waals surface area (Å²) in [6.07, 6.45) is 9.49. The van der Waals surface area contributed by atoms with Crippen LogP contribution in [-0.4, -0.2) is 41.3 Å². The van der Waals surface area contributed by atoms with Crippen molar-refractivity contribution in [3.63, 3.8) is 0 Å². The van der Waals surface area contributed by atoms with Crippen LogP contribution in [0.1, 0.15) is 68.6 Å². The number of nitrogens with one attached hydrogen (secondary N) is 1. The monoisotopic (exact) mass is 394 g/mol. The van der Waals surface area contributed by atoms with E-state index in [2.05, 4.69) is 17.1 Å². The highest BCUT2D eigenvalue weighted by molar-refractivity contribution is 5.97. The highest BCUT2D eigenvalue weighted by Crippen LogP contribution is 2.55. The number of carbonyl (C=O) groups is 2. The van der Waals surface area contributed by atoms with Crippen LogP contribution in [0.25, 0.3) is 0 Å². The minimum atomic E-state index is -0.101. The first-order valence-corrected chi connectivity index (χ1v) is 11.7. The van der Waals surface area contributed by atoms with Gasteiger partial charge in [0.15, 0.2) is 5.78 Å². The molecule has 1 heterocycles. The smallest absolute Gasteiger partial charge is 0.237 e. The Morgan fingerprint density at radius 2 is 1.52 bits per heavy atom. The fourth-order valence-electron chi connectivity index (χ4n) is 7.18. The van der Waals surface area contributed by atoms with E-state index in [4.69, 9.17) is 0 Å². The number of piperidine rings is 1. The third-order valence-electron chi connectivity index (χ3n) is 8.31. The normalized spacial score (nSPS) is 35.4. The summed E-state index contributed by atoms with van der Waals surface area (Å²) < 4.78 is 0. The Bertz CT molecular complexity index is 731. The second kappa shape index (κ2) is 7.54. The molecule has 1 atom stereocenters. The number of nitrogens with zero attached hydrogens (tertiary/aromatic N) is 1. The van der Waals surface area contributed by atoms with Crippen LogP contribution >= 0.6 is 0 Å². The zero-order chi connectivity index (χ0) is 20.0. The Labute approximate surface area is 174 Å². The number of Topliss-reactive ketones (excluding diaryl/α,β-unsaturated/α-hetero) is 1. The maximum Gasteiger partial charge on any atom is 0.237 e. The molecular formula is C25H34N2O2. The zero-order valence-electron chi connectivity index (χ0n) is 17.6. The summed E-state index contributed by atoms with van der Waals surface area (Å²) in [5.74, 6) is 3.09. The van der Waals surface area contributed by atoms with Gasteiger partial charge >= 0.3 is 0 Å². The van der Waals surface area contributed by atoms with E-state index in [1.165, 1.54) is 38.5 Å². The lowest BCUT2D eigenvalue weighted by atomic mass is 9.53. The minimum Gasteiger partial charge on any atom is -0.349 e. The van der Waals surface area contributed by atoms with Gasteiger partial charge in [-0.1, -0.05) is 30.3 Å². The van der Waals surface area contributed by atoms with Crippen LogP contribution < -0.4 is 5.32 Å². The predicted molar refractivity (Wildman–Crippen MR) is 114 cm³/mol. The first-order chi connectivity index (χ1) is 14.0. The fraction of sp³-hybridized carbons (Fsp3) is 0.680. The molecule has 4 nitrogen and oxygen atoms in total. The molecule has 5 fully saturated rings. The van der Waals surface area contributed by atoms with Crippen molar-refractivity contribution < 1.29 is 9.59 Å². The number of hydrogen-bond acceptors (Lipinski definition) is 3. The van der Waals surface area contributed by atoms with Crippen molar-refractivity contribution in [2.75, 3.05) is 13.1 Å². The summed E-state index contributed by atoms with van der Waals surface area (Å²) in [6.45, 7) is 3.71. The van der Waals surface area contributed by atoms with Crippen LogP contribution in [0.4, 0.5) is 0 Å². The average molecular weight is 395 g/mol. The lowest BCUT2D eigenvalue weighted by molar-refractivity contribution is -0.132. The molecule has 1 amide bonds. The van der Waals surface area contributed by atoms with Crippen LogP contribution in [0.2, 0.25) is 0 Å². The van der Waals surface area contributed by atoms with E-state index in [0.29, 0.717) is 0 Å². The van der Waals surface area contributed by atoms with Gasteiger partial charge in [0.25, 0.3) is 0 Å². The fourth-order valence-corrected chi connectivity index (χ4v) is 7.18. The summed E-state index contributed by atoms with van der Waals surface area (Å²) in [4.78, 5) is 28.2. The number of carbonyl (C=O) groups excluding carboxylic acids is 2. The molecule has 1 saturated heterocycles. The summed E-state index contributed by atoms with van der Waals surface area (Å²) >= 11 is 0. The number of hydrogen-bond donors (Lipinski definition) is 1. The largest absolute Gasteiger partial charge is 0.349 e. The summed E-state index contributed by atoms with van der Waals surface area (Å²) in [5, 5.41) is 3.53. The zero-order valence-corrected chi connectivity index (χ0v) is 17.6. The number of likely N-dealkylation sites (tertiary alicyclic amines) is 1. The molecule has 0 spiro atoms. The molecule has 1 unspecified atom stereocenters. The van der Waals surface area contributed by atoms with Crippen molar-refractivity contribution in [2.24, 2.45) is 23.7 Å². The topological polar surface area (TPSA) is 49.4 Å². The Morgan fingerprint density at radius 1 is 0.966 bits per heavy atom. The summed E-state index contributed by atoms with van der Waals surface area (Å²) in [7, 11) is 0. The van der Waals surface area contributed by atoms with E-state index in [9.17, 15) is 9.59 Å². The van der Waals surface area contributed by atoms with Crippen LogP contribution in [0, 0.1) is 23.7 Å². The summed E-state index contributed by atoms with van der Waals surface area (Å²) in [5.41, 5.74) is 0.903. The van der Waals surface area contributed by atoms with Crippen LogP contribution in [0.15, 0.2) is 30.3 Å². The van der Waals surface area contributed by atoms with Crippen molar-refractivity contribution in [1.82, 2.24) is 10.2 Å². The Hall–Kier alpha value is -1.68. The van der Waals surface area contributed by atoms with Crippen LogP contribution in [-0.2, 0) is 4.79 Å². The molecule has 0 aromatic heterocycles. The van der Waals surface area contributed by atoms with Crippen LogP contribution in [0.5, 0.6) is 0 Å². The van der Waals surface area contributed by atoms with E-state index in [-0.39, 0.29) is 29.2 Å². The Kier molecular flexibility index (Phi) is 5.01. The third-order valence-corrected chi connectivity index (χ3v) is 8.31. The Balaban J connectivity index is 1.16. The summed E-state index contributed by atoms with van der Waals surface area (Å²) in [6, 6.07) is 9.53. The second-order valence-corrected chi connectivity index (χ2v) is 10.4. The van der Waals surface area contributed by atoms with E-state index >= 15 is 0 Å². The van der Waals surface area contributed by atoms with E-state index in [1.807, 2.05) is 30.3 Å². The van der Waals surface area contributed by atoms with Gasteiger partial charge in [-0.15, -0.1) is 0 Å². The van der Waals surface area contributed by atoms with Gasteiger partial charge < -0.3 is 5.32 Å². The molecular weight excluding hydrogens is 360 g/mol. The molecule has 4 aliphatic carbocycles. The number of rotatable bonds is 5. The minimum absolute atomic E-state index is 0.0850. The molecule has 5 aliphatic rings. The van der Waals surface area contributed by atoms with Gasteiger partial charge in [-0.25, -0.2) is 0 Å². The molecule has 1 aliphatic heterocycles. The van der Waals surface area contributed by atoms with Gasteiger partial charge in [-0.3, -0.25) is 14.5 Å². The average Bonchev–Trinajstić information content (AvgIpc) is 2.72. The number of amides is 1. The van der Waals surface area contributed by atoms with E-state index in [1.54, 1.807) is 0 Å². The number of benzene rings is 1. The molecule has 4 bridgehead atoms. The van der Waals surface area contributed by atoms with Gasteiger partial charge in [0.2, 0.25) is 5.91 Å². The van der Waals surface area contributed by atoms with Gasteiger partial charge in [-0.2, -0.15) is 0 Å². The first kappa shape index (κ1) is 19.3. The van der Waals surface area contributed by atoms with Crippen molar-refractivity contribution in [1.29, 1.82) is 0 Å². The first-order valence-electron chi connectivity index (χ1n) is 11.7. The maximum atomic E-state index is 13.1. The quantitative estimate of drug-likeness (QED) is 0.767. The predicted octanol–water partition coefficient (Wildman–Crippen LogP) is 4.05. The van der Waals surface area contributed by atoms with Crippen molar-refractivity contribution in [2.45, 2.75) is 69.9 Å². The van der Waals surface area contributed by atoms with E-state index in [0.717, 1.165) is 49.2 Å².